The van der Waals surface area contributed by atoms with Crippen LogP contribution in [-0.4, -0.2) is 48.6 Å². The zero-order valence-corrected chi connectivity index (χ0v) is 31.6. The SMILES string of the molecule is CCOC(=O)c1c(NC(=O)C(C)Sc2cccc(NC(=O)/C(=C\c3ccc(OC)cc3)NC(=O)c3ccccc3)c2)sc(C(=O)Nc2ccccc2)c1C. The largest absolute Gasteiger partial charge is 0.497 e. The average molecular weight is 763 g/mol. The van der Waals surface area contributed by atoms with Gasteiger partial charge in [0.05, 0.1) is 29.4 Å². The minimum atomic E-state index is -0.661. The minimum absolute atomic E-state index is 0.0142. The number of amides is 4. The number of nitrogens with one attached hydrogen (secondary N) is 4. The molecule has 4 aromatic carbocycles. The van der Waals surface area contributed by atoms with Gasteiger partial charge in [0.1, 0.15) is 16.4 Å². The average Bonchev–Trinajstić information content (AvgIpc) is 3.50. The lowest BCUT2D eigenvalue weighted by Crippen LogP contribution is -2.30. The summed E-state index contributed by atoms with van der Waals surface area (Å²) in [5, 5.41) is 10.8. The van der Waals surface area contributed by atoms with Gasteiger partial charge in [-0.05, 0) is 92.6 Å². The highest BCUT2D eigenvalue weighted by atomic mass is 32.2. The Kier molecular flexibility index (Phi) is 13.4. The second-order valence-corrected chi connectivity index (χ2v) is 14.1. The fourth-order valence-electron chi connectivity index (χ4n) is 5.10. The molecule has 4 N–H and O–H groups in total. The Morgan fingerprint density at radius 1 is 0.796 bits per heavy atom. The zero-order chi connectivity index (χ0) is 38.6. The van der Waals surface area contributed by atoms with E-state index in [1.54, 1.807) is 137 Å². The number of anilines is 3. The van der Waals surface area contributed by atoms with Gasteiger partial charge in [-0.25, -0.2) is 4.79 Å². The predicted octanol–water partition coefficient (Wildman–Crippen LogP) is 8.02. The van der Waals surface area contributed by atoms with E-state index in [4.69, 9.17) is 9.47 Å². The number of carbonyl (C=O) groups excluding carboxylic acids is 5. The molecule has 11 nitrogen and oxygen atoms in total. The summed E-state index contributed by atoms with van der Waals surface area (Å²) in [5.74, 6) is -1.85. The van der Waals surface area contributed by atoms with Crippen molar-refractivity contribution in [2.75, 3.05) is 29.7 Å². The lowest BCUT2D eigenvalue weighted by Gasteiger charge is -2.14. The number of hydrogen-bond acceptors (Lipinski definition) is 9. The maximum Gasteiger partial charge on any atom is 0.341 e. The van der Waals surface area contributed by atoms with Gasteiger partial charge in [-0.1, -0.05) is 54.6 Å². The maximum absolute atomic E-state index is 13.6. The first-order chi connectivity index (χ1) is 26.1. The molecule has 0 aliphatic heterocycles. The van der Waals surface area contributed by atoms with Crippen LogP contribution >= 0.6 is 23.1 Å². The number of methoxy groups -OCH3 is 1. The number of ether oxygens (including phenoxy) is 2. The number of carbonyl (C=O) groups is 5. The van der Waals surface area contributed by atoms with E-state index in [0.29, 0.717) is 38.7 Å². The van der Waals surface area contributed by atoms with Crippen LogP contribution < -0.4 is 26.0 Å². The van der Waals surface area contributed by atoms with Crippen LogP contribution in [0.3, 0.4) is 0 Å². The first kappa shape index (κ1) is 39.0. The standard InChI is InChI=1S/C41H38N4O7S2/c1-5-52-41(50)34-25(2)35(39(49)42-29-15-10-7-11-16-29)54-40(34)45-36(46)26(3)53-32-18-12-17-30(24-32)43-38(48)33(23-27-19-21-31(51-4)22-20-27)44-37(47)28-13-8-6-9-14-28/h6-24,26H,5H2,1-4H3,(H,42,49)(H,43,48)(H,44,47)(H,45,46)/b33-23+. The van der Waals surface area contributed by atoms with Crippen molar-refractivity contribution in [2.24, 2.45) is 0 Å². The minimum Gasteiger partial charge on any atom is -0.497 e. The summed E-state index contributed by atoms with van der Waals surface area (Å²) in [6.07, 6.45) is 1.56. The normalized spacial score (nSPS) is 11.5. The summed E-state index contributed by atoms with van der Waals surface area (Å²) >= 11 is 2.22. The molecule has 1 atom stereocenters. The second kappa shape index (κ2) is 18.5. The molecule has 1 aromatic heterocycles. The summed E-state index contributed by atoms with van der Waals surface area (Å²) in [6, 6.07) is 31.4. The van der Waals surface area contributed by atoms with E-state index in [-0.39, 0.29) is 27.7 Å². The molecule has 54 heavy (non-hydrogen) atoms. The van der Waals surface area contributed by atoms with Gasteiger partial charge in [0.2, 0.25) is 5.91 Å². The van der Waals surface area contributed by atoms with Crippen molar-refractivity contribution in [3.8, 4) is 5.75 Å². The Labute approximate surface area is 321 Å². The number of para-hydroxylation sites is 1. The highest BCUT2D eigenvalue weighted by Gasteiger charge is 2.28. The van der Waals surface area contributed by atoms with E-state index in [1.165, 1.54) is 11.8 Å². The van der Waals surface area contributed by atoms with Crippen LogP contribution in [0.5, 0.6) is 5.75 Å². The Bertz CT molecular complexity index is 2170. The van der Waals surface area contributed by atoms with E-state index in [1.807, 2.05) is 6.07 Å². The van der Waals surface area contributed by atoms with Crippen LogP contribution in [-0.2, 0) is 14.3 Å². The molecular weight excluding hydrogens is 725 g/mol. The molecular formula is C41H38N4O7S2. The van der Waals surface area contributed by atoms with Gasteiger partial charge in [0, 0.05) is 21.8 Å². The van der Waals surface area contributed by atoms with Crippen LogP contribution in [0.25, 0.3) is 6.08 Å². The number of hydrogen-bond donors (Lipinski definition) is 4. The van der Waals surface area contributed by atoms with Gasteiger partial charge in [0.25, 0.3) is 17.7 Å². The summed E-state index contributed by atoms with van der Waals surface area (Å²) in [6.45, 7) is 5.13. The van der Waals surface area contributed by atoms with Crippen molar-refractivity contribution in [3.05, 3.63) is 142 Å². The quantitative estimate of drug-likeness (QED) is 0.0505. The maximum atomic E-state index is 13.6. The second-order valence-electron chi connectivity index (χ2n) is 11.7. The van der Waals surface area contributed by atoms with Gasteiger partial charge in [-0.3, -0.25) is 19.2 Å². The molecule has 0 fully saturated rings. The molecule has 0 saturated carbocycles. The molecule has 4 amide bonds. The Morgan fingerprint density at radius 2 is 1.46 bits per heavy atom. The number of thioether (sulfide) groups is 1. The van der Waals surface area contributed by atoms with Crippen LogP contribution in [0, 0.1) is 6.92 Å². The lowest BCUT2D eigenvalue weighted by atomic mass is 10.1. The van der Waals surface area contributed by atoms with E-state index in [0.717, 1.165) is 11.3 Å². The predicted molar refractivity (Wildman–Crippen MR) is 213 cm³/mol. The van der Waals surface area contributed by atoms with Crippen molar-refractivity contribution >= 4 is 75.1 Å². The molecule has 1 heterocycles. The molecule has 0 aliphatic carbocycles. The molecule has 0 saturated heterocycles. The number of benzene rings is 4. The molecule has 1 unspecified atom stereocenters. The van der Waals surface area contributed by atoms with Crippen molar-refractivity contribution in [1.29, 1.82) is 0 Å². The highest BCUT2D eigenvalue weighted by Crippen LogP contribution is 2.35. The lowest BCUT2D eigenvalue weighted by molar-refractivity contribution is -0.115. The molecule has 5 rings (SSSR count). The topological polar surface area (TPSA) is 152 Å². The van der Waals surface area contributed by atoms with Gasteiger partial charge >= 0.3 is 5.97 Å². The molecule has 0 radical (unpaired) electrons. The highest BCUT2D eigenvalue weighted by molar-refractivity contribution is 8.00. The molecule has 276 valence electrons. The van der Waals surface area contributed by atoms with E-state index >= 15 is 0 Å². The fraction of sp³-hybridized carbons (Fsp3) is 0.146. The van der Waals surface area contributed by atoms with Gasteiger partial charge in [0.15, 0.2) is 0 Å². The zero-order valence-electron chi connectivity index (χ0n) is 29.9. The number of thiophene rings is 1. The van der Waals surface area contributed by atoms with E-state index in [2.05, 4.69) is 21.3 Å². The van der Waals surface area contributed by atoms with Crippen LogP contribution in [0.4, 0.5) is 16.4 Å². The summed E-state index contributed by atoms with van der Waals surface area (Å²) in [4.78, 5) is 67.3. The Balaban J connectivity index is 1.30. The fourth-order valence-corrected chi connectivity index (χ4v) is 7.12. The van der Waals surface area contributed by atoms with Gasteiger partial charge < -0.3 is 30.7 Å². The molecule has 13 heteroatoms. The summed E-state index contributed by atoms with van der Waals surface area (Å²) in [7, 11) is 1.56. The third kappa shape index (κ3) is 10.2. The smallest absolute Gasteiger partial charge is 0.341 e. The monoisotopic (exact) mass is 762 g/mol. The van der Waals surface area contributed by atoms with E-state index in [9.17, 15) is 24.0 Å². The van der Waals surface area contributed by atoms with Crippen molar-refractivity contribution < 1.29 is 33.4 Å². The number of rotatable bonds is 14. The molecule has 0 bridgehead atoms. The van der Waals surface area contributed by atoms with E-state index < -0.39 is 34.8 Å². The Hall–Kier alpha value is -6.18. The van der Waals surface area contributed by atoms with Crippen molar-refractivity contribution in [1.82, 2.24) is 5.32 Å². The molecule has 0 spiro atoms. The van der Waals surface area contributed by atoms with Gasteiger partial charge in [-0.2, -0.15) is 0 Å². The van der Waals surface area contributed by atoms with Crippen LogP contribution in [0.2, 0.25) is 0 Å². The van der Waals surface area contributed by atoms with Crippen molar-refractivity contribution in [3.63, 3.8) is 0 Å². The summed E-state index contributed by atoms with van der Waals surface area (Å²) < 4.78 is 10.5. The molecule has 0 aliphatic rings. The first-order valence-corrected chi connectivity index (χ1v) is 18.5. The third-order valence-electron chi connectivity index (χ3n) is 7.83. The molecule has 5 aromatic rings. The van der Waals surface area contributed by atoms with Gasteiger partial charge in [-0.15, -0.1) is 23.1 Å². The van der Waals surface area contributed by atoms with Crippen LogP contribution in [0.15, 0.2) is 120 Å². The van der Waals surface area contributed by atoms with Crippen molar-refractivity contribution in [2.45, 2.75) is 30.9 Å². The number of esters is 1. The van der Waals surface area contributed by atoms with Crippen LogP contribution in [0.1, 0.15) is 55.4 Å². The third-order valence-corrected chi connectivity index (χ3v) is 10.1. The first-order valence-electron chi connectivity index (χ1n) is 16.8. The Morgan fingerprint density at radius 3 is 2.13 bits per heavy atom. The summed E-state index contributed by atoms with van der Waals surface area (Å²) in [5.41, 5.74) is 2.59.